The second-order valence-corrected chi connectivity index (χ2v) is 6.59. The summed E-state index contributed by atoms with van der Waals surface area (Å²) in [7, 11) is 0. The molecule has 0 radical (unpaired) electrons. The third-order valence-corrected chi connectivity index (χ3v) is 4.44. The molecule has 4 amide bonds. The summed E-state index contributed by atoms with van der Waals surface area (Å²) >= 11 is 0. The van der Waals surface area contributed by atoms with Crippen molar-refractivity contribution in [3.63, 3.8) is 0 Å². The van der Waals surface area contributed by atoms with Crippen molar-refractivity contribution in [2.24, 2.45) is 0 Å². The molecule has 1 aromatic carbocycles. The van der Waals surface area contributed by atoms with Crippen molar-refractivity contribution in [1.82, 2.24) is 21.2 Å². The van der Waals surface area contributed by atoms with Gasteiger partial charge in [0.05, 0.1) is 17.5 Å². The lowest BCUT2D eigenvalue weighted by Crippen LogP contribution is -2.52. The fraction of sp³-hybridized carbons (Fsp3) is 0.136. The molecule has 0 unspecified atom stereocenters. The van der Waals surface area contributed by atoms with Gasteiger partial charge in [-0.1, -0.05) is 19.1 Å². The van der Waals surface area contributed by atoms with Crippen molar-refractivity contribution in [2.75, 3.05) is 5.32 Å². The predicted octanol–water partition coefficient (Wildman–Crippen LogP) is 1.90. The Morgan fingerprint density at radius 2 is 1.66 bits per heavy atom. The van der Waals surface area contributed by atoms with Gasteiger partial charge in [0.1, 0.15) is 6.04 Å². The number of para-hydroxylation sites is 1. The smallest absolute Gasteiger partial charge is 0.291 e. The second-order valence-electron chi connectivity index (χ2n) is 6.59. The van der Waals surface area contributed by atoms with Crippen molar-refractivity contribution in [3.05, 3.63) is 84.1 Å². The summed E-state index contributed by atoms with van der Waals surface area (Å²) in [5, 5.41) is 5.22. The van der Waals surface area contributed by atoms with E-state index in [1.165, 1.54) is 42.9 Å². The van der Waals surface area contributed by atoms with Crippen LogP contribution in [0.3, 0.4) is 0 Å². The van der Waals surface area contributed by atoms with Gasteiger partial charge in [-0.25, -0.2) is 0 Å². The Balaban J connectivity index is 1.63. The molecular formula is C22H21N5O5. The van der Waals surface area contributed by atoms with Gasteiger partial charge in [0.15, 0.2) is 5.76 Å². The highest BCUT2D eigenvalue weighted by atomic mass is 16.3. The molecule has 10 nitrogen and oxygen atoms in total. The second kappa shape index (κ2) is 10.5. The third kappa shape index (κ3) is 5.57. The fourth-order valence-corrected chi connectivity index (χ4v) is 2.75. The number of benzene rings is 1. The molecule has 0 saturated carbocycles. The number of hydrogen-bond donors (Lipinski definition) is 4. The fourth-order valence-electron chi connectivity index (χ4n) is 2.75. The lowest BCUT2D eigenvalue weighted by atomic mass is 10.1. The first-order valence-corrected chi connectivity index (χ1v) is 9.74. The number of anilines is 1. The average molecular weight is 435 g/mol. The van der Waals surface area contributed by atoms with Crippen LogP contribution in [0.5, 0.6) is 0 Å². The van der Waals surface area contributed by atoms with Crippen LogP contribution in [-0.2, 0) is 4.79 Å². The Morgan fingerprint density at radius 1 is 0.906 bits per heavy atom. The van der Waals surface area contributed by atoms with Gasteiger partial charge >= 0.3 is 0 Å². The molecular weight excluding hydrogens is 414 g/mol. The molecule has 32 heavy (non-hydrogen) atoms. The highest BCUT2D eigenvalue weighted by Crippen LogP contribution is 2.17. The van der Waals surface area contributed by atoms with Gasteiger partial charge in [-0.05, 0) is 42.8 Å². The number of hydrazine groups is 1. The minimum Gasteiger partial charge on any atom is -0.459 e. The Bertz CT molecular complexity index is 1100. The first-order valence-electron chi connectivity index (χ1n) is 9.74. The monoisotopic (exact) mass is 435 g/mol. The SMILES string of the molecule is CC[C@@H](NC(=O)c1ccccc1NC(=O)c1ccco1)C(=O)NNC(=O)c1ccncc1. The minimum absolute atomic E-state index is 0.0935. The molecule has 3 rings (SSSR count). The van der Waals surface area contributed by atoms with Gasteiger partial charge in [-0.3, -0.25) is 35.0 Å². The van der Waals surface area contributed by atoms with Crippen LogP contribution in [0.25, 0.3) is 0 Å². The lowest BCUT2D eigenvalue weighted by molar-refractivity contribution is -0.123. The van der Waals surface area contributed by atoms with Crippen molar-refractivity contribution in [2.45, 2.75) is 19.4 Å². The van der Waals surface area contributed by atoms with Crippen molar-refractivity contribution in [3.8, 4) is 0 Å². The number of carbonyl (C=O) groups excluding carboxylic acids is 4. The van der Waals surface area contributed by atoms with E-state index in [0.29, 0.717) is 5.56 Å². The summed E-state index contributed by atoms with van der Waals surface area (Å²) in [6.45, 7) is 1.71. The van der Waals surface area contributed by atoms with Crippen molar-refractivity contribution >= 4 is 29.3 Å². The third-order valence-electron chi connectivity index (χ3n) is 4.44. The van der Waals surface area contributed by atoms with E-state index >= 15 is 0 Å². The number of carbonyl (C=O) groups is 4. The molecule has 0 aliphatic carbocycles. The molecule has 1 atom stereocenters. The topological polar surface area (TPSA) is 142 Å². The van der Waals surface area contributed by atoms with Crippen LogP contribution in [0.2, 0.25) is 0 Å². The number of nitrogens with one attached hydrogen (secondary N) is 4. The quantitative estimate of drug-likeness (QED) is 0.418. The maximum atomic E-state index is 12.8. The number of rotatable bonds is 7. The standard InChI is InChI=1S/C22H21N5O5/c1-2-16(21(30)27-26-19(28)14-9-11-23-12-10-14)24-20(29)15-6-3-4-7-17(15)25-22(31)18-8-5-13-32-18/h3-13,16H,2H2,1H3,(H,24,29)(H,25,31)(H,26,28)(H,27,30)/t16-/m1/s1. The molecule has 0 aliphatic rings. The highest BCUT2D eigenvalue weighted by molar-refractivity contribution is 6.08. The summed E-state index contributed by atoms with van der Waals surface area (Å²) < 4.78 is 5.06. The van der Waals surface area contributed by atoms with Crippen LogP contribution in [0.1, 0.15) is 44.6 Å². The summed E-state index contributed by atoms with van der Waals surface area (Å²) in [6, 6.07) is 11.5. The van der Waals surface area contributed by atoms with Gasteiger partial charge in [-0.15, -0.1) is 0 Å². The van der Waals surface area contributed by atoms with E-state index in [1.54, 1.807) is 31.2 Å². The first kappa shape index (κ1) is 22.2. The normalized spacial score (nSPS) is 11.2. The van der Waals surface area contributed by atoms with E-state index in [-0.39, 0.29) is 23.4 Å². The first-order chi connectivity index (χ1) is 15.5. The lowest BCUT2D eigenvalue weighted by Gasteiger charge is -2.18. The van der Waals surface area contributed by atoms with Crippen LogP contribution in [0.4, 0.5) is 5.69 Å². The largest absolute Gasteiger partial charge is 0.459 e. The number of furan rings is 1. The van der Waals surface area contributed by atoms with E-state index in [0.717, 1.165) is 0 Å². The molecule has 2 heterocycles. The maximum absolute atomic E-state index is 12.8. The summed E-state index contributed by atoms with van der Waals surface area (Å²) in [5.41, 5.74) is 5.33. The Kier molecular flexibility index (Phi) is 7.31. The number of hydrogen-bond acceptors (Lipinski definition) is 6. The zero-order chi connectivity index (χ0) is 22.9. The molecule has 164 valence electrons. The molecule has 0 bridgehead atoms. The summed E-state index contributed by atoms with van der Waals surface area (Å²) in [6.07, 6.45) is 4.54. The number of aromatic nitrogens is 1. The van der Waals surface area contributed by atoms with Gasteiger partial charge in [-0.2, -0.15) is 0 Å². The predicted molar refractivity (Wildman–Crippen MR) is 114 cm³/mol. The van der Waals surface area contributed by atoms with Crippen molar-refractivity contribution < 1.29 is 23.6 Å². The molecule has 0 spiro atoms. The van der Waals surface area contributed by atoms with Crippen LogP contribution >= 0.6 is 0 Å². The molecule has 0 aliphatic heterocycles. The van der Waals surface area contributed by atoms with Gasteiger partial charge in [0.25, 0.3) is 23.6 Å². The highest BCUT2D eigenvalue weighted by Gasteiger charge is 2.22. The van der Waals surface area contributed by atoms with E-state index in [9.17, 15) is 19.2 Å². The Morgan fingerprint density at radius 3 is 2.34 bits per heavy atom. The van der Waals surface area contributed by atoms with E-state index in [2.05, 4.69) is 26.5 Å². The Labute approximate surface area is 183 Å². The van der Waals surface area contributed by atoms with Crippen LogP contribution < -0.4 is 21.5 Å². The zero-order valence-corrected chi connectivity index (χ0v) is 17.1. The number of amides is 4. The molecule has 4 N–H and O–H groups in total. The molecule has 0 saturated heterocycles. The minimum atomic E-state index is -0.922. The summed E-state index contributed by atoms with van der Waals surface area (Å²) in [4.78, 5) is 53.4. The molecule has 3 aromatic rings. The Hall–Kier alpha value is -4.47. The average Bonchev–Trinajstić information content (AvgIpc) is 3.37. The van der Waals surface area contributed by atoms with E-state index < -0.39 is 29.7 Å². The van der Waals surface area contributed by atoms with E-state index in [1.807, 2.05) is 0 Å². The van der Waals surface area contributed by atoms with Crippen LogP contribution in [0.15, 0.2) is 71.6 Å². The van der Waals surface area contributed by atoms with Gasteiger partial charge in [0, 0.05) is 18.0 Å². The van der Waals surface area contributed by atoms with Gasteiger partial charge < -0.3 is 15.1 Å². The molecule has 0 fully saturated rings. The zero-order valence-electron chi connectivity index (χ0n) is 17.1. The van der Waals surface area contributed by atoms with Gasteiger partial charge in [0.2, 0.25) is 0 Å². The number of pyridine rings is 1. The molecule has 2 aromatic heterocycles. The van der Waals surface area contributed by atoms with Crippen LogP contribution in [-0.4, -0.2) is 34.7 Å². The maximum Gasteiger partial charge on any atom is 0.291 e. The van der Waals surface area contributed by atoms with E-state index in [4.69, 9.17) is 4.42 Å². The van der Waals surface area contributed by atoms with Crippen LogP contribution in [0, 0.1) is 0 Å². The number of nitrogens with zero attached hydrogens (tertiary/aromatic N) is 1. The van der Waals surface area contributed by atoms with Crippen molar-refractivity contribution in [1.29, 1.82) is 0 Å². The summed E-state index contributed by atoms with van der Waals surface area (Å²) in [5.74, 6) is -2.11. The molecule has 10 heteroatoms.